The van der Waals surface area contributed by atoms with Gasteiger partial charge in [-0.25, -0.2) is 28.3 Å². The van der Waals surface area contributed by atoms with Gasteiger partial charge in [0.2, 0.25) is 11.8 Å². The molecule has 0 spiro atoms. The van der Waals surface area contributed by atoms with Crippen LogP contribution in [0.3, 0.4) is 0 Å². The van der Waals surface area contributed by atoms with Crippen LogP contribution in [0.15, 0.2) is 59.3 Å². The van der Waals surface area contributed by atoms with Crippen molar-refractivity contribution in [3.63, 3.8) is 0 Å². The molecule has 2 aromatic heterocycles. The Morgan fingerprint density at radius 3 is 1.88 bits per heavy atom. The first-order valence-electron chi connectivity index (χ1n) is 12.3. The van der Waals surface area contributed by atoms with Gasteiger partial charge < -0.3 is 31.9 Å². The van der Waals surface area contributed by atoms with Crippen LogP contribution in [0, 0.1) is 11.6 Å². The van der Waals surface area contributed by atoms with Crippen molar-refractivity contribution in [2.75, 3.05) is 17.7 Å². The van der Waals surface area contributed by atoms with E-state index in [4.69, 9.17) is 16.6 Å². The average molecular weight is 633 g/mol. The van der Waals surface area contributed by atoms with E-state index in [0.29, 0.717) is 12.0 Å². The Bertz CT molecular complexity index is 1580. The number of amides is 2. The Labute approximate surface area is 251 Å². The van der Waals surface area contributed by atoms with Crippen LogP contribution in [0.1, 0.15) is 32.1 Å². The van der Waals surface area contributed by atoms with Gasteiger partial charge in [0, 0.05) is 10.8 Å². The number of carbonyl (C=O) groups excluding carboxylic acids is 3. The van der Waals surface area contributed by atoms with Gasteiger partial charge in [0.05, 0.1) is 19.2 Å². The number of hydrogen-bond donors (Lipinski definition) is 5. The molecule has 2 amide bonds. The van der Waals surface area contributed by atoms with E-state index in [2.05, 4.69) is 25.3 Å². The minimum Gasteiger partial charge on any atom is -0.476 e. The van der Waals surface area contributed by atoms with Crippen molar-refractivity contribution in [2.24, 2.45) is 11.5 Å². The van der Waals surface area contributed by atoms with E-state index >= 15 is 0 Å². The fraction of sp³-hybridized carbons (Fsp3) is 0.185. The number of anilines is 2. The van der Waals surface area contributed by atoms with Crippen LogP contribution in [-0.2, 0) is 27.2 Å². The second kappa shape index (κ2) is 15.5. The third-order valence-electron chi connectivity index (χ3n) is 5.49. The summed E-state index contributed by atoms with van der Waals surface area (Å²) < 4.78 is 30.5. The number of hydrogen-bond acceptors (Lipinski definition) is 11. The maximum atomic E-state index is 13.1. The highest BCUT2D eigenvalue weighted by Gasteiger charge is 2.19. The Morgan fingerprint density at radius 2 is 1.37 bits per heavy atom. The smallest absolute Gasteiger partial charge is 0.357 e. The van der Waals surface area contributed by atoms with Gasteiger partial charge in [0.1, 0.15) is 0 Å². The number of nitrogens with one attached hydrogen (secondary N) is 2. The summed E-state index contributed by atoms with van der Waals surface area (Å²) in [6, 6.07) is 11.0. The van der Waals surface area contributed by atoms with E-state index in [9.17, 15) is 28.0 Å². The molecule has 2 heterocycles. The number of benzene rings is 2. The molecule has 0 aliphatic heterocycles. The zero-order chi connectivity index (χ0) is 31.5. The normalized spacial score (nSPS) is 11.8. The van der Waals surface area contributed by atoms with Gasteiger partial charge in [-0.05, 0) is 36.1 Å². The minimum atomic E-state index is -1.13. The van der Waals surface area contributed by atoms with Crippen LogP contribution in [0.25, 0.3) is 0 Å². The average Bonchev–Trinajstić information content (AvgIpc) is 3.65. The van der Waals surface area contributed by atoms with Gasteiger partial charge in [-0.1, -0.05) is 36.4 Å². The van der Waals surface area contributed by atoms with Crippen LogP contribution in [-0.4, -0.2) is 58.0 Å². The van der Waals surface area contributed by atoms with Crippen LogP contribution in [0.2, 0.25) is 0 Å². The number of rotatable bonds is 10. The molecule has 16 heteroatoms. The summed E-state index contributed by atoms with van der Waals surface area (Å²) in [5, 5.41) is 16.9. The van der Waals surface area contributed by atoms with Gasteiger partial charge in [-0.2, -0.15) is 0 Å². The second-order valence-corrected chi connectivity index (χ2v) is 10.4. The number of esters is 1. The SMILES string of the molecule is COC(=O)c1csc(NC(=O)[C@@H](N)Cc2ccc(F)c(F)c2)n1.N[C@@H](Cc1ccccc1)C(=O)Nc1nc(C(=O)O)cs1. The fourth-order valence-electron chi connectivity index (χ4n) is 3.33. The molecule has 0 aliphatic carbocycles. The lowest BCUT2D eigenvalue weighted by atomic mass is 10.1. The molecule has 4 aromatic rings. The highest BCUT2D eigenvalue weighted by atomic mass is 32.1. The van der Waals surface area contributed by atoms with E-state index < -0.39 is 41.6 Å². The summed E-state index contributed by atoms with van der Waals surface area (Å²) in [6.07, 6.45) is 0.433. The molecule has 0 radical (unpaired) electrons. The van der Waals surface area contributed by atoms with Crippen molar-refractivity contribution < 1.29 is 37.8 Å². The summed E-state index contributed by atoms with van der Waals surface area (Å²) >= 11 is 2.09. The number of methoxy groups -OCH3 is 1. The third-order valence-corrected chi connectivity index (χ3v) is 7.01. The molecule has 0 saturated carbocycles. The summed E-state index contributed by atoms with van der Waals surface area (Å²) in [5.74, 6) is -4.66. The van der Waals surface area contributed by atoms with Crippen molar-refractivity contribution in [2.45, 2.75) is 24.9 Å². The Balaban J connectivity index is 0.000000238. The first-order chi connectivity index (χ1) is 20.5. The fourth-order valence-corrected chi connectivity index (χ4v) is 4.70. The summed E-state index contributed by atoms with van der Waals surface area (Å²) in [5.41, 5.74) is 12.9. The van der Waals surface area contributed by atoms with Gasteiger partial charge in [-0.15, -0.1) is 22.7 Å². The van der Waals surface area contributed by atoms with Crippen LogP contribution >= 0.6 is 22.7 Å². The number of halogens is 2. The largest absolute Gasteiger partial charge is 0.476 e. The Kier molecular flexibility index (Phi) is 11.9. The molecule has 43 heavy (non-hydrogen) atoms. The molecule has 2 atom stereocenters. The lowest BCUT2D eigenvalue weighted by Crippen LogP contribution is -2.37. The quantitative estimate of drug-likeness (QED) is 0.162. The number of nitrogens with two attached hydrogens (primary N) is 2. The number of thiazole rings is 2. The molecule has 226 valence electrons. The van der Waals surface area contributed by atoms with Gasteiger partial charge in [0.25, 0.3) is 0 Å². The van der Waals surface area contributed by atoms with Crippen molar-refractivity contribution in [3.8, 4) is 0 Å². The van der Waals surface area contributed by atoms with E-state index in [0.717, 1.165) is 40.4 Å². The Hall–Kier alpha value is -4.64. The van der Waals surface area contributed by atoms with Crippen LogP contribution in [0.4, 0.5) is 19.0 Å². The standard InChI is InChI=1S/C14H13F2N3O3S.C13H13N3O3S/c1-22-13(21)11-6-23-14(18-11)19-12(20)10(17)5-7-2-3-8(15)9(16)4-7;14-9(6-8-4-2-1-3-5-8)11(17)16-13-15-10(7-20-13)12(18)19/h2-4,6,10H,5,17H2,1H3,(H,18,19,20);1-5,7,9H,6,14H2,(H,18,19)(H,15,16,17)/t10-;9-/m00/s1. The number of ether oxygens (including phenoxy) is 1. The van der Waals surface area contributed by atoms with Crippen LogP contribution < -0.4 is 22.1 Å². The van der Waals surface area contributed by atoms with E-state index in [1.54, 1.807) is 0 Å². The number of carbonyl (C=O) groups is 4. The topological polar surface area (TPSA) is 200 Å². The molecular weight excluding hydrogens is 606 g/mol. The molecule has 0 fully saturated rings. The first-order valence-corrected chi connectivity index (χ1v) is 14.1. The monoisotopic (exact) mass is 632 g/mol. The highest BCUT2D eigenvalue weighted by Crippen LogP contribution is 2.18. The molecule has 0 saturated heterocycles. The molecule has 0 aliphatic rings. The summed E-state index contributed by atoms with van der Waals surface area (Å²) in [4.78, 5) is 53.4. The predicted molar refractivity (Wildman–Crippen MR) is 156 cm³/mol. The van der Waals surface area contributed by atoms with E-state index in [-0.39, 0.29) is 34.0 Å². The van der Waals surface area contributed by atoms with Crippen molar-refractivity contribution in [1.29, 1.82) is 0 Å². The van der Waals surface area contributed by atoms with Gasteiger partial charge in [-0.3, -0.25) is 9.59 Å². The molecule has 2 aromatic carbocycles. The summed E-state index contributed by atoms with van der Waals surface area (Å²) in [6.45, 7) is 0. The Morgan fingerprint density at radius 1 is 0.837 bits per heavy atom. The number of aromatic nitrogens is 2. The highest BCUT2D eigenvalue weighted by molar-refractivity contribution is 7.14. The number of carboxylic acid groups (broad SMARTS) is 1. The van der Waals surface area contributed by atoms with Crippen molar-refractivity contribution in [3.05, 3.63) is 93.4 Å². The maximum absolute atomic E-state index is 13.1. The summed E-state index contributed by atoms with van der Waals surface area (Å²) in [7, 11) is 1.22. The second-order valence-electron chi connectivity index (χ2n) is 8.71. The molecule has 4 rings (SSSR count). The number of nitrogens with zero attached hydrogens (tertiary/aromatic N) is 2. The van der Waals surface area contributed by atoms with Crippen molar-refractivity contribution in [1.82, 2.24) is 9.97 Å². The van der Waals surface area contributed by atoms with E-state index in [1.165, 1.54) is 23.9 Å². The minimum absolute atomic E-state index is 0.0261. The van der Waals surface area contributed by atoms with E-state index in [1.807, 2.05) is 30.3 Å². The van der Waals surface area contributed by atoms with Gasteiger partial charge >= 0.3 is 11.9 Å². The zero-order valence-corrected chi connectivity index (χ0v) is 24.1. The van der Waals surface area contributed by atoms with Crippen LogP contribution in [0.5, 0.6) is 0 Å². The van der Waals surface area contributed by atoms with Gasteiger partial charge in [0.15, 0.2) is 33.3 Å². The molecule has 12 nitrogen and oxygen atoms in total. The molecular formula is C27H26F2N6O6S2. The first kappa shape index (κ1) is 32.9. The molecule has 7 N–H and O–H groups in total. The molecule has 0 unspecified atom stereocenters. The number of carboxylic acids is 1. The van der Waals surface area contributed by atoms with Crippen molar-refractivity contribution >= 4 is 56.7 Å². The number of aromatic carboxylic acids is 1. The predicted octanol–water partition coefficient (Wildman–Crippen LogP) is 3.07. The molecule has 0 bridgehead atoms. The lowest BCUT2D eigenvalue weighted by Gasteiger charge is -2.11. The third kappa shape index (κ3) is 10.00. The maximum Gasteiger partial charge on any atom is 0.357 e. The zero-order valence-electron chi connectivity index (χ0n) is 22.5. The lowest BCUT2D eigenvalue weighted by molar-refractivity contribution is -0.118.